The second-order valence-corrected chi connectivity index (χ2v) is 6.84. The molecule has 2 aromatic rings. The van der Waals surface area contributed by atoms with Crippen LogP contribution in [0.3, 0.4) is 0 Å². The molecule has 0 heterocycles. The minimum Gasteiger partial charge on any atom is -0.313 e. The fourth-order valence-corrected chi connectivity index (χ4v) is 3.50. The molecule has 0 radical (unpaired) electrons. The molecule has 20 heavy (non-hydrogen) atoms. The van der Waals surface area contributed by atoms with Crippen LogP contribution in [0.2, 0.25) is 5.02 Å². The third-order valence-corrected chi connectivity index (χ3v) is 5.20. The van der Waals surface area contributed by atoms with E-state index in [1.54, 1.807) is 11.8 Å². The number of hydrogen-bond acceptors (Lipinski definition) is 2. The predicted octanol–water partition coefficient (Wildman–Crippen LogP) is 5.75. The van der Waals surface area contributed by atoms with E-state index in [2.05, 4.69) is 52.4 Å². The molecule has 0 amide bonds. The van der Waals surface area contributed by atoms with E-state index >= 15 is 0 Å². The zero-order valence-corrected chi connectivity index (χ0v) is 14.5. The maximum Gasteiger partial charge on any atom is 0.0410 e. The van der Waals surface area contributed by atoms with Gasteiger partial charge in [-0.05, 0) is 64.8 Å². The van der Waals surface area contributed by atoms with E-state index in [1.807, 2.05) is 18.2 Å². The van der Waals surface area contributed by atoms with Crippen LogP contribution in [0, 0.1) is 0 Å². The highest BCUT2D eigenvalue weighted by Crippen LogP contribution is 2.36. The third-order valence-electron chi connectivity index (χ3n) is 2.82. The average Bonchev–Trinajstić information content (AvgIpc) is 2.44. The molecule has 0 unspecified atom stereocenters. The molecule has 0 aliphatic carbocycles. The molecular formula is C16H17BrClNS. The molecule has 2 rings (SSSR count). The van der Waals surface area contributed by atoms with Crippen molar-refractivity contribution in [1.29, 1.82) is 0 Å². The van der Waals surface area contributed by atoms with Crippen LogP contribution >= 0.6 is 39.3 Å². The van der Waals surface area contributed by atoms with E-state index in [9.17, 15) is 0 Å². The van der Waals surface area contributed by atoms with Gasteiger partial charge in [-0.2, -0.15) is 0 Å². The summed E-state index contributed by atoms with van der Waals surface area (Å²) < 4.78 is 1.12. The summed E-state index contributed by atoms with van der Waals surface area (Å²) in [5, 5.41) is 4.22. The normalized spacial score (nSPS) is 10.8. The van der Waals surface area contributed by atoms with Gasteiger partial charge < -0.3 is 5.32 Å². The molecule has 0 spiro atoms. The largest absolute Gasteiger partial charge is 0.313 e. The molecule has 1 nitrogen and oxygen atoms in total. The van der Waals surface area contributed by atoms with E-state index in [0.717, 1.165) is 29.0 Å². The third kappa shape index (κ3) is 4.52. The number of hydrogen-bond donors (Lipinski definition) is 1. The van der Waals surface area contributed by atoms with Crippen molar-refractivity contribution in [2.75, 3.05) is 6.54 Å². The zero-order valence-electron chi connectivity index (χ0n) is 11.3. The smallest absolute Gasteiger partial charge is 0.0410 e. The van der Waals surface area contributed by atoms with Gasteiger partial charge >= 0.3 is 0 Å². The summed E-state index contributed by atoms with van der Waals surface area (Å²) in [7, 11) is 0. The average molecular weight is 371 g/mol. The first kappa shape index (κ1) is 15.9. The Morgan fingerprint density at radius 3 is 2.70 bits per heavy atom. The highest BCUT2D eigenvalue weighted by molar-refractivity contribution is 9.10. The van der Waals surface area contributed by atoms with Crippen LogP contribution in [-0.4, -0.2) is 6.54 Å². The minimum absolute atomic E-state index is 0.787. The van der Waals surface area contributed by atoms with Gasteiger partial charge in [-0.15, -0.1) is 0 Å². The van der Waals surface area contributed by atoms with Gasteiger partial charge in [-0.1, -0.05) is 42.4 Å². The van der Waals surface area contributed by atoms with Crippen molar-refractivity contribution < 1.29 is 0 Å². The van der Waals surface area contributed by atoms with Crippen LogP contribution in [0.1, 0.15) is 18.9 Å². The van der Waals surface area contributed by atoms with E-state index in [0.29, 0.717) is 0 Å². The summed E-state index contributed by atoms with van der Waals surface area (Å²) in [6, 6.07) is 14.3. The lowest BCUT2D eigenvalue weighted by Gasteiger charge is -2.11. The monoisotopic (exact) mass is 369 g/mol. The highest BCUT2D eigenvalue weighted by atomic mass is 79.9. The maximum absolute atomic E-state index is 6.12. The van der Waals surface area contributed by atoms with Crippen molar-refractivity contribution in [1.82, 2.24) is 5.32 Å². The van der Waals surface area contributed by atoms with E-state index < -0.39 is 0 Å². The summed E-state index contributed by atoms with van der Waals surface area (Å²) in [5.74, 6) is 0. The Labute approximate surface area is 138 Å². The van der Waals surface area contributed by atoms with Crippen molar-refractivity contribution in [3.8, 4) is 0 Å². The lowest BCUT2D eigenvalue weighted by molar-refractivity contribution is 0.669. The van der Waals surface area contributed by atoms with Crippen LogP contribution in [0.25, 0.3) is 0 Å². The Morgan fingerprint density at radius 1 is 1.15 bits per heavy atom. The predicted molar refractivity (Wildman–Crippen MR) is 91.7 cm³/mol. The Hall–Kier alpha value is -0.480. The van der Waals surface area contributed by atoms with E-state index in [1.165, 1.54) is 15.4 Å². The van der Waals surface area contributed by atoms with Crippen LogP contribution in [-0.2, 0) is 6.54 Å². The quantitative estimate of drug-likeness (QED) is 0.649. The van der Waals surface area contributed by atoms with Gasteiger partial charge in [0.05, 0.1) is 0 Å². The fourth-order valence-electron chi connectivity index (χ4n) is 1.83. The van der Waals surface area contributed by atoms with Crippen molar-refractivity contribution >= 4 is 39.3 Å². The summed E-state index contributed by atoms with van der Waals surface area (Å²) in [5.41, 5.74) is 1.24. The molecule has 0 saturated heterocycles. The minimum atomic E-state index is 0.787. The van der Waals surface area contributed by atoms with Gasteiger partial charge in [0.25, 0.3) is 0 Å². The Kier molecular flexibility index (Phi) is 6.43. The van der Waals surface area contributed by atoms with Gasteiger partial charge in [0.1, 0.15) is 0 Å². The van der Waals surface area contributed by atoms with Crippen molar-refractivity contribution in [3.05, 3.63) is 57.5 Å². The molecule has 0 fully saturated rings. The van der Waals surface area contributed by atoms with Gasteiger partial charge in [0.2, 0.25) is 0 Å². The highest BCUT2D eigenvalue weighted by Gasteiger charge is 2.07. The summed E-state index contributed by atoms with van der Waals surface area (Å²) in [6.45, 7) is 4.04. The molecule has 0 saturated carbocycles. The van der Waals surface area contributed by atoms with Crippen LogP contribution in [0.5, 0.6) is 0 Å². The maximum atomic E-state index is 6.12. The number of rotatable bonds is 6. The second kappa shape index (κ2) is 8.08. The Bertz CT molecular complexity index is 574. The first-order chi connectivity index (χ1) is 9.70. The number of nitrogens with one attached hydrogen (secondary N) is 1. The Balaban J connectivity index is 2.20. The van der Waals surface area contributed by atoms with Crippen molar-refractivity contribution in [3.63, 3.8) is 0 Å². The molecule has 0 aliphatic rings. The first-order valence-corrected chi connectivity index (χ1v) is 8.61. The molecule has 0 aliphatic heterocycles. The number of halogens is 2. The van der Waals surface area contributed by atoms with Crippen LogP contribution in [0.15, 0.2) is 56.7 Å². The summed E-state index contributed by atoms with van der Waals surface area (Å²) >= 11 is 11.5. The first-order valence-electron chi connectivity index (χ1n) is 6.62. The molecular weight excluding hydrogens is 354 g/mol. The van der Waals surface area contributed by atoms with Gasteiger partial charge in [0.15, 0.2) is 0 Å². The molecule has 0 aromatic heterocycles. The van der Waals surface area contributed by atoms with Crippen molar-refractivity contribution in [2.45, 2.75) is 29.7 Å². The van der Waals surface area contributed by atoms with E-state index in [4.69, 9.17) is 11.6 Å². The lowest BCUT2D eigenvalue weighted by Crippen LogP contribution is -2.14. The lowest BCUT2D eigenvalue weighted by atomic mass is 10.2. The topological polar surface area (TPSA) is 12.0 Å². The SMILES string of the molecule is CCCNCc1cc(Cl)ccc1Sc1ccccc1Br. The van der Waals surface area contributed by atoms with Crippen molar-refractivity contribution in [2.24, 2.45) is 0 Å². The fraction of sp³-hybridized carbons (Fsp3) is 0.250. The zero-order chi connectivity index (χ0) is 14.4. The molecule has 4 heteroatoms. The summed E-state index contributed by atoms with van der Waals surface area (Å²) in [6.07, 6.45) is 1.13. The summed E-state index contributed by atoms with van der Waals surface area (Å²) in [4.78, 5) is 2.46. The van der Waals surface area contributed by atoms with Crippen LogP contribution < -0.4 is 5.32 Å². The molecule has 106 valence electrons. The van der Waals surface area contributed by atoms with Gasteiger partial charge in [-0.25, -0.2) is 0 Å². The van der Waals surface area contributed by atoms with Gasteiger partial charge in [-0.3, -0.25) is 0 Å². The van der Waals surface area contributed by atoms with E-state index in [-0.39, 0.29) is 0 Å². The van der Waals surface area contributed by atoms with Crippen LogP contribution in [0.4, 0.5) is 0 Å². The molecule has 0 atom stereocenters. The Morgan fingerprint density at radius 2 is 1.95 bits per heavy atom. The molecule has 0 bridgehead atoms. The standard InChI is InChI=1S/C16H17BrClNS/c1-2-9-19-11-12-10-13(18)7-8-15(12)20-16-6-4-3-5-14(16)17/h3-8,10,19H,2,9,11H2,1H3. The van der Waals surface area contributed by atoms with Gasteiger partial charge in [0, 0.05) is 25.8 Å². The second-order valence-electron chi connectivity index (χ2n) is 4.46. The number of benzene rings is 2. The molecule has 2 aromatic carbocycles. The molecule has 1 N–H and O–H groups in total.